The van der Waals surface area contributed by atoms with Crippen LogP contribution in [-0.4, -0.2) is 12.1 Å². The van der Waals surface area contributed by atoms with Gasteiger partial charge in [0, 0.05) is 17.1 Å². The molecule has 0 saturated heterocycles. The standard InChI is InChI=1S/C15H20N2O/c1-4-15(16,5-2)13-10-17-14(18-3)12-9-7-6-8-11(12)13/h6-10H,4-5,16H2,1-3H3. The van der Waals surface area contributed by atoms with Gasteiger partial charge in [0.1, 0.15) is 0 Å². The van der Waals surface area contributed by atoms with Crippen LogP contribution in [0.3, 0.4) is 0 Å². The van der Waals surface area contributed by atoms with E-state index in [0.29, 0.717) is 5.88 Å². The molecule has 0 amide bonds. The summed E-state index contributed by atoms with van der Waals surface area (Å²) in [7, 11) is 1.64. The first kappa shape index (κ1) is 12.8. The summed E-state index contributed by atoms with van der Waals surface area (Å²) in [5.74, 6) is 0.656. The molecule has 0 aliphatic heterocycles. The highest BCUT2D eigenvalue weighted by Crippen LogP contribution is 2.34. The lowest BCUT2D eigenvalue weighted by Crippen LogP contribution is -2.35. The third kappa shape index (κ3) is 1.95. The Morgan fingerprint density at radius 3 is 2.33 bits per heavy atom. The molecule has 3 nitrogen and oxygen atoms in total. The topological polar surface area (TPSA) is 48.1 Å². The van der Waals surface area contributed by atoms with Crippen molar-refractivity contribution in [3.8, 4) is 5.88 Å². The SMILES string of the molecule is CCC(N)(CC)c1cnc(OC)c2ccccc12. The van der Waals surface area contributed by atoms with Gasteiger partial charge in [-0.15, -0.1) is 0 Å². The van der Waals surface area contributed by atoms with Crippen molar-refractivity contribution in [2.45, 2.75) is 32.2 Å². The number of nitrogens with two attached hydrogens (primary N) is 1. The van der Waals surface area contributed by atoms with Crippen LogP contribution in [0.5, 0.6) is 5.88 Å². The highest BCUT2D eigenvalue weighted by Gasteiger charge is 2.26. The molecule has 0 bridgehead atoms. The number of benzene rings is 1. The van der Waals surface area contributed by atoms with E-state index in [2.05, 4.69) is 24.9 Å². The van der Waals surface area contributed by atoms with E-state index in [0.717, 1.165) is 29.2 Å². The van der Waals surface area contributed by atoms with Crippen LogP contribution in [0.15, 0.2) is 30.5 Å². The zero-order valence-corrected chi connectivity index (χ0v) is 11.2. The van der Waals surface area contributed by atoms with Gasteiger partial charge in [0.15, 0.2) is 0 Å². The van der Waals surface area contributed by atoms with Gasteiger partial charge in [-0.25, -0.2) is 4.98 Å². The summed E-state index contributed by atoms with van der Waals surface area (Å²) in [4.78, 5) is 4.39. The van der Waals surface area contributed by atoms with Gasteiger partial charge in [0.05, 0.1) is 7.11 Å². The fourth-order valence-corrected chi connectivity index (χ4v) is 2.36. The van der Waals surface area contributed by atoms with Crippen LogP contribution >= 0.6 is 0 Å². The molecule has 1 heterocycles. The fraction of sp³-hybridized carbons (Fsp3) is 0.400. The minimum Gasteiger partial charge on any atom is -0.481 e. The highest BCUT2D eigenvalue weighted by atomic mass is 16.5. The number of ether oxygens (including phenoxy) is 1. The summed E-state index contributed by atoms with van der Waals surface area (Å²) < 4.78 is 5.31. The Balaban J connectivity index is 2.74. The van der Waals surface area contributed by atoms with Crippen molar-refractivity contribution in [1.82, 2.24) is 4.98 Å². The van der Waals surface area contributed by atoms with Gasteiger partial charge in [-0.05, 0) is 29.9 Å². The second-order valence-electron chi connectivity index (χ2n) is 4.59. The quantitative estimate of drug-likeness (QED) is 0.898. The monoisotopic (exact) mass is 244 g/mol. The van der Waals surface area contributed by atoms with Gasteiger partial charge < -0.3 is 10.5 Å². The van der Waals surface area contributed by atoms with Crippen LogP contribution in [0.1, 0.15) is 32.3 Å². The van der Waals surface area contributed by atoms with Crippen molar-refractivity contribution >= 4 is 10.8 Å². The van der Waals surface area contributed by atoms with Crippen LogP contribution in [0.25, 0.3) is 10.8 Å². The smallest absolute Gasteiger partial charge is 0.221 e. The van der Waals surface area contributed by atoms with E-state index in [1.807, 2.05) is 24.4 Å². The number of methoxy groups -OCH3 is 1. The van der Waals surface area contributed by atoms with Gasteiger partial charge in [0.2, 0.25) is 5.88 Å². The van der Waals surface area contributed by atoms with Crippen molar-refractivity contribution in [2.24, 2.45) is 5.73 Å². The van der Waals surface area contributed by atoms with Gasteiger partial charge in [-0.2, -0.15) is 0 Å². The van der Waals surface area contributed by atoms with Gasteiger partial charge >= 0.3 is 0 Å². The molecular weight excluding hydrogens is 224 g/mol. The van der Waals surface area contributed by atoms with Crippen LogP contribution in [0.2, 0.25) is 0 Å². The van der Waals surface area contributed by atoms with Crippen LogP contribution in [-0.2, 0) is 5.54 Å². The molecule has 2 aromatic rings. The van der Waals surface area contributed by atoms with Gasteiger partial charge in [-0.3, -0.25) is 0 Å². The van der Waals surface area contributed by atoms with E-state index < -0.39 is 0 Å². The van der Waals surface area contributed by atoms with Crippen molar-refractivity contribution < 1.29 is 4.74 Å². The van der Waals surface area contributed by atoms with E-state index in [-0.39, 0.29) is 5.54 Å². The third-order valence-electron chi connectivity index (χ3n) is 3.75. The number of nitrogens with zero attached hydrogens (tertiary/aromatic N) is 1. The van der Waals surface area contributed by atoms with E-state index in [1.54, 1.807) is 7.11 Å². The summed E-state index contributed by atoms with van der Waals surface area (Å²) in [6.07, 6.45) is 3.64. The first-order chi connectivity index (χ1) is 8.66. The average Bonchev–Trinajstić information content (AvgIpc) is 2.45. The van der Waals surface area contributed by atoms with Crippen molar-refractivity contribution in [3.63, 3.8) is 0 Å². The molecule has 2 N–H and O–H groups in total. The number of pyridine rings is 1. The minimum absolute atomic E-state index is 0.321. The van der Waals surface area contributed by atoms with Crippen molar-refractivity contribution in [3.05, 3.63) is 36.0 Å². The predicted octanol–water partition coefficient (Wildman–Crippen LogP) is 3.22. The molecule has 0 fully saturated rings. The summed E-state index contributed by atoms with van der Waals surface area (Å²) in [6.45, 7) is 4.23. The van der Waals surface area contributed by atoms with Gasteiger partial charge in [-0.1, -0.05) is 32.0 Å². The minimum atomic E-state index is -0.321. The molecule has 96 valence electrons. The zero-order valence-electron chi connectivity index (χ0n) is 11.2. The molecule has 0 saturated carbocycles. The number of rotatable bonds is 4. The van der Waals surface area contributed by atoms with E-state index >= 15 is 0 Å². The normalized spacial score (nSPS) is 11.8. The van der Waals surface area contributed by atoms with Crippen molar-refractivity contribution in [2.75, 3.05) is 7.11 Å². The lowest BCUT2D eigenvalue weighted by Gasteiger charge is -2.28. The summed E-state index contributed by atoms with van der Waals surface area (Å²) in [5, 5.41) is 2.16. The molecule has 3 heteroatoms. The molecule has 2 rings (SSSR count). The zero-order chi connectivity index (χ0) is 13.2. The number of aromatic nitrogens is 1. The summed E-state index contributed by atoms with van der Waals surface area (Å²) in [5.41, 5.74) is 7.27. The molecule has 0 atom stereocenters. The third-order valence-corrected chi connectivity index (χ3v) is 3.75. The van der Waals surface area contributed by atoms with Crippen LogP contribution in [0, 0.1) is 0 Å². The maximum absolute atomic E-state index is 6.49. The van der Waals surface area contributed by atoms with E-state index in [4.69, 9.17) is 10.5 Å². The Kier molecular flexibility index (Phi) is 3.53. The predicted molar refractivity (Wildman–Crippen MR) is 74.7 cm³/mol. The molecule has 0 aliphatic rings. The molecule has 18 heavy (non-hydrogen) atoms. The molecular formula is C15H20N2O. The maximum atomic E-state index is 6.49. The molecule has 1 aromatic heterocycles. The van der Waals surface area contributed by atoms with E-state index in [9.17, 15) is 0 Å². The Bertz CT molecular complexity index is 547. The summed E-state index contributed by atoms with van der Waals surface area (Å²) >= 11 is 0. The second-order valence-corrected chi connectivity index (χ2v) is 4.59. The Morgan fingerprint density at radius 2 is 1.78 bits per heavy atom. The van der Waals surface area contributed by atoms with E-state index in [1.165, 1.54) is 0 Å². The number of fused-ring (bicyclic) bond motifs is 1. The highest BCUT2D eigenvalue weighted by molar-refractivity contribution is 5.90. The average molecular weight is 244 g/mol. The first-order valence-electron chi connectivity index (χ1n) is 6.37. The number of hydrogen-bond donors (Lipinski definition) is 1. The first-order valence-corrected chi connectivity index (χ1v) is 6.37. The van der Waals surface area contributed by atoms with Crippen LogP contribution in [0.4, 0.5) is 0 Å². The molecule has 1 aromatic carbocycles. The maximum Gasteiger partial charge on any atom is 0.221 e. The fourth-order valence-electron chi connectivity index (χ4n) is 2.36. The lowest BCUT2D eigenvalue weighted by molar-refractivity contribution is 0.396. The largest absolute Gasteiger partial charge is 0.481 e. The molecule has 0 spiro atoms. The lowest BCUT2D eigenvalue weighted by atomic mass is 9.84. The summed E-state index contributed by atoms with van der Waals surface area (Å²) in [6, 6.07) is 8.13. The van der Waals surface area contributed by atoms with Gasteiger partial charge in [0.25, 0.3) is 0 Å². The Hall–Kier alpha value is -1.61. The second kappa shape index (κ2) is 4.94. The van der Waals surface area contributed by atoms with Crippen LogP contribution < -0.4 is 10.5 Å². The molecule has 0 unspecified atom stereocenters. The molecule has 0 aliphatic carbocycles. The molecule has 0 radical (unpaired) electrons. The Labute approximate surface area is 108 Å². The van der Waals surface area contributed by atoms with Crippen molar-refractivity contribution in [1.29, 1.82) is 0 Å². The number of hydrogen-bond acceptors (Lipinski definition) is 3. The Morgan fingerprint density at radius 1 is 1.17 bits per heavy atom.